The standard InChI is InChI=1S/C23H18FN3O/c1-28-26-16-19-15-25-27(23(19)21-9-5-6-10-22(21)24)20-13-11-18(12-14-20)17-7-3-2-4-8-17/h2-16H,1H3/b26-16+. The number of hydrogen-bond donors (Lipinski definition) is 0. The summed E-state index contributed by atoms with van der Waals surface area (Å²) in [6.45, 7) is 0. The molecule has 0 aliphatic carbocycles. The molecule has 0 fully saturated rings. The normalized spacial score (nSPS) is 11.1. The van der Waals surface area contributed by atoms with Crippen molar-refractivity contribution in [3.05, 3.63) is 96.4 Å². The van der Waals surface area contributed by atoms with Gasteiger partial charge in [-0.25, -0.2) is 9.07 Å². The summed E-state index contributed by atoms with van der Waals surface area (Å²) in [5, 5.41) is 8.28. The average Bonchev–Trinajstić information content (AvgIpc) is 3.17. The van der Waals surface area contributed by atoms with Crippen molar-refractivity contribution in [2.45, 2.75) is 0 Å². The number of halogens is 1. The van der Waals surface area contributed by atoms with Gasteiger partial charge in [0.05, 0.1) is 23.8 Å². The van der Waals surface area contributed by atoms with Crippen LogP contribution in [0.15, 0.2) is 90.2 Å². The second kappa shape index (κ2) is 7.88. The topological polar surface area (TPSA) is 39.4 Å². The third kappa shape index (κ3) is 3.42. The Morgan fingerprint density at radius 3 is 2.29 bits per heavy atom. The molecule has 3 aromatic carbocycles. The highest BCUT2D eigenvalue weighted by Gasteiger charge is 2.16. The maximum atomic E-state index is 14.5. The molecule has 28 heavy (non-hydrogen) atoms. The van der Waals surface area contributed by atoms with E-state index in [1.807, 2.05) is 42.5 Å². The highest BCUT2D eigenvalue weighted by atomic mass is 19.1. The number of oxime groups is 1. The third-order valence-electron chi connectivity index (χ3n) is 4.44. The molecule has 0 bridgehead atoms. The number of aromatic nitrogens is 2. The molecule has 1 aromatic heterocycles. The Kier molecular flexibility index (Phi) is 4.97. The summed E-state index contributed by atoms with van der Waals surface area (Å²) in [5.74, 6) is -0.322. The zero-order valence-electron chi connectivity index (χ0n) is 15.3. The van der Waals surface area contributed by atoms with Gasteiger partial charge in [0.25, 0.3) is 0 Å². The first-order valence-electron chi connectivity index (χ1n) is 8.83. The molecule has 138 valence electrons. The molecule has 0 unspecified atom stereocenters. The minimum atomic E-state index is -0.322. The van der Waals surface area contributed by atoms with Crippen LogP contribution in [0.5, 0.6) is 0 Å². The lowest BCUT2D eigenvalue weighted by Gasteiger charge is -2.11. The first-order chi connectivity index (χ1) is 13.8. The van der Waals surface area contributed by atoms with E-state index < -0.39 is 0 Å². The minimum absolute atomic E-state index is 0.322. The molecule has 0 N–H and O–H groups in total. The van der Waals surface area contributed by atoms with Gasteiger partial charge in [-0.1, -0.05) is 59.8 Å². The highest BCUT2D eigenvalue weighted by molar-refractivity contribution is 5.89. The molecule has 4 nitrogen and oxygen atoms in total. The van der Waals surface area contributed by atoms with E-state index in [0.29, 0.717) is 16.8 Å². The summed E-state index contributed by atoms with van der Waals surface area (Å²) in [6.07, 6.45) is 3.18. The Morgan fingerprint density at radius 2 is 1.57 bits per heavy atom. The molecule has 1 heterocycles. The summed E-state index contributed by atoms with van der Waals surface area (Å²) in [7, 11) is 1.46. The van der Waals surface area contributed by atoms with Gasteiger partial charge in [0.2, 0.25) is 0 Å². The van der Waals surface area contributed by atoms with Crippen molar-refractivity contribution in [2.75, 3.05) is 7.11 Å². The first kappa shape index (κ1) is 17.7. The summed E-state index contributed by atoms with van der Waals surface area (Å²) in [5.41, 5.74) is 4.80. The van der Waals surface area contributed by atoms with Gasteiger partial charge in [-0.15, -0.1) is 0 Å². The average molecular weight is 371 g/mol. The highest BCUT2D eigenvalue weighted by Crippen LogP contribution is 2.29. The van der Waals surface area contributed by atoms with E-state index in [4.69, 9.17) is 4.84 Å². The predicted molar refractivity (Wildman–Crippen MR) is 109 cm³/mol. The second-order valence-corrected chi connectivity index (χ2v) is 6.17. The zero-order valence-corrected chi connectivity index (χ0v) is 15.3. The van der Waals surface area contributed by atoms with Crippen LogP contribution < -0.4 is 0 Å². The van der Waals surface area contributed by atoms with E-state index in [9.17, 15) is 4.39 Å². The van der Waals surface area contributed by atoms with Gasteiger partial charge in [-0.3, -0.25) is 0 Å². The molecule has 0 saturated heterocycles. The van der Waals surface area contributed by atoms with Crippen molar-refractivity contribution in [2.24, 2.45) is 5.16 Å². The van der Waals surface area contributed by atoms with E-state index in [2.05, 4.69) is 22.4 Å². The lowest BCUT2D eigenvalue weighted by molar-refractivity contribution is 0.215. The summed E-state index contributed by atoms with van der Waals surface area (Å²) < 4.78 is 16.2. The van der Waals surface area contributed by atoms with Crippen molar-refractivity contribution >= 4 is 6.21 Å². The minimum Gasteiger partial charge on any atom is -0.399 e. The van der Waals surface area contributed by atoms with Gasteiger partial charge < -0.3 is 4.84 Å². The molecule has 0 spiro atoms. The maximum absolute atomic E-state index is 14.5. The summed E-state index contributed by atoms with van der Waals surface area (Å²) >= 11 is 0. The van der Waals surface area contributed by atoms with E-state index in [-0.39, 0.29) is 5.82 Å². The fourth-order valence-electron chi connectivity index (χ4n) is 3.11. The second-order valence-electron chi connectivity index (χ2n) is 6.17. The monoisotopic (exact) mass is 371 g/mol. The fraction of sp³-hybridized carbons (Fsp3) is 0.0435. The Morgan fingerprint density at radius 1 is 0.893 bits per heavy atom. The fourth-order valence-corrected chi connectivity index (χ4v) is 3.11. The molecule has 0 amide bonds. The first-order valence-corrected chi connectivity index (χ1v) is 8.83. The molecular weight excluding hydrogens is 353 g/mol. The van der Waals surface area contributed by atoms with Crippen molar-refractivity contribution in [1.82, 2.24) is 9.78 Å². The Hall–Kier alpha value is -3.73. The molecule has 0 atom stereocenters. The number of hydrogen-bond acceptors (Lipinski definition) is 3. The maximum Gasteiger partial charge on any atom is 0.132 e. The molecule has 5 heteroatoms. The van der Waals surface area contributed by atoms with Crippen LogP contribution in [0.1, 0.15) is 5.56 Å². The van der Waals surface area contributed by atoms with Gasteiger partial charge in [0.15, 0.2) is 0 Å². The molecule has 0 saturated carbocycles. The van der Waals surface area contributed by atoms with Crippen LogP contribution in [-0.2, 0) is 4.84 Å². The lowest BCUT2D eigenvalue weighted by Crippen LogP contribution is -2.01. The van der Waals surface area contributed by atoms with Crippen molar-refractivity contribution in [3.63, 3.8) is 0 Å². The Bertz CT molecular complexity index is 1100. The zero-order chi connectivity index (χ0) is 19.3. The van der Waals surface area contributed by atoms with E-state index >= 15 is 0 Å². The van der Waals surface area contributed by atoms with Crippen LogP contribution in [0, 0.1) is 5.82 Å². The largest absolute Gasteiger partial charge is 0.399 e. The van der Waals surface area contributed by atoms with Gasteiger partial charge in [-0.05, 0) is 35.4 Å². The van der Waals surface area contributed by atoms with Crippen LogP contribution in [0.25, 0.3) is 28.1 Å². The van der Waals surface area contributed by atoms with Crippen LogP contribution in [0.2, 0.25) is 0 Å². The Balaban J connectivity index is 1.81. The molecule has 4 rings (SSSR count). The van der Waals surface area contributed by atoms with E-state index in [1.54, 1.807) is 29.1 Å². The summed E-state index contributed by atoms with van der Waals surface area (Å²) in [6, 6.07) is 24.7. The SMILES string of the molecule is CO/N=C/c1cnn(-c2ccc(-c3ccccc3)cc2)c1-c1ccccc1F. The molecular formula is C23H18FN3O. The number of benzene rings is 3. The smallest absolute Gasteiger partial charge is 0.132 e. The third-order valence-corrected chi connectivity index (χ3v) is 4.44. The predicted octanol–water partition coefficient (Wildman–Crippen LogP) is 5.33. The van der Waals surface area contributed by atoms with Crippen LogP contribution in [-0.4, -0.2) is 23.1 Å². The van der Waals surface area contributed by atoms with Gasteiger partial charge in [-0.2, -0.15) is 5.10 Å². The van der Waals surface area contributed by atoms with Gasteiger partial charge in [0, 0.05) is 11.1 Å². The van der Waals surface area contributed by atoms with Crippen molar-refractivity contribution in [3.8, 4) is 28.1 Å². The molecule has 0 radical (unpaired) electrons. The van der Waals surface area contributed by atoms with E-state index in [0.717, 1.165) is 16.8 Å². The molecule has 0 aliphatic rings. The van der Waals surface area contributed by atoms with Crippen LogP contribution in [0.3, 0.4) is 0 Å². The number of nitrogens with zero attached hydrogens (tertiary/aromatic N) is 3. The van der Waals surface area contributed by atoms with Crippen LogP contribution >= 0.6 is 0 Å². The van der Waals surface area contributed by atoms with Crippen molar-refractivity contribution in [1.29, 1.82) is 0 Å². The number of rotatable bonds is 5. The van der Waals surface area contributed by atoms with Crippen LogP contribution in [0.4, 0.5) is 4.39 Å². The quantitative estimate of drug-likeness (QED) is 0.352. The van der Waals surface area contributed by atoms with Gasteiger partial charge >= 0.3 is 0 Å². The lowest BCUT2D eigenvalue weighted by atomic mass is 10.0. The van der Waals surface area contributed by atoms with E-state index in [1.165, 1.54) is 19.4 Å². The molecule has 4 aromatic rings. The van der Waals surface area contributed by atoms with Gasteiger partial charge in [0.1, 0.15) is 12.9 Å². The summed E-state index contributed by atoms with van der Waals surface area (Å²) in [4.78, 5) is 4.79. The van der Waals surface area contributed by atoms with Crippen molar-refractivity contribution < 1.29 is 9.23 Å². The Labute approximate surface area is 162 Å². The molecule has 0 aliphatic heterocycles.